The summed E-state index contributed by atoms with van der Waals surface area (Å²) in [6.07, 6.45) is 0. The van der Waals surface area contributed by atoms with Crippen LogP contribution in [0.2, 0.25) is 0 Å². The van der Waals surface area contributed by atoms with Crippen LogP contribution in [0.1, 0.15) is 36.7 Å². The van der Waals surface area contributed by atoms with Crippen LogP contribution in [0, 0.1) is 0 Å². The number of rotatable bonds is 3. The fourth-order valence-electron chi connectivity index (χ4n) is 1.59. The van der Waals surface area contributed by atoms with Crippen molar-refractivity contribution in [3.8, 4) is 5.75 Å². The SMILES string of the molecule is C=C(C)OC.CC1(C)OCc2cc(C(=O)CBr)ccc2O1. The Kier molecular flexibility index (Phi) is 6.42. The third-order valence-corrected chi connectivity index (χ3v) is 3.29. The number of hydrogen-bond donors (Lipinski definition) is 0. The Morgan fingerprint density at radius 3 is 2.62 bits per heavy atom. The summed E-state index contributed by atoms with van der Waals surface area (Å²) in [5, 5.41) is 0.332. The molecule has 1 heterocycles. The van der Waals surface area contributed by atoms with E-state index in [0.717, 1.165) is 17.1 Å². The average Bonchev–Trinajstić information content (AvgIpc) is 2.45. The van der Waals surface area contributed by atoms with Gasteiger partial charge >= 0.3 is 0 Å². The Morgan fingerprint density at radius 2 is 2.10 bits per heavy atom. The van der Waals surface area contributed by atoms with E-state index in [4.69, 9.17) is 9.47 Å². The molecular weight excluding hydrogens is 336 g/mol. The Morgan fingerprint density at radius 1 is 1.48 bits per heavy atom. The highest BCUT2D eigenvalue weighted by Gasteiger charge is 2.27. The Balaban J connectivity index is 0.000000383. The van der Waals surface area contributed by atoms with Crippen molar-refractivity contribution < 1.29 is 19.0 Å². The number of halogens is 1. The van der Waals surface area contributed by atoms with E-state index in [1.54, 1.807) is 20.1 Å². The van der Waals surface area contributed by atoms with Crippen LogP contribution in [-0.2, 0) is 16.1 Å². The molecule has 0 spiro atoms. The lowest BCUT2D eigenvalue weighted by atomic mass is 10.1. The van der Waals surface area contributed by atoms with E-state index >= 15 is 0 Å². The highest BCUT2D eigenvalue weighted by atomic mass is 79.9. The Labute approximate surface area is 134 Å². The monoisotopic (exact) mass is 356 g/mol. The van der Waals surface area contributed by atoms with Crippen molar-refractivity contribution in [3.05, 3.63) is 41.7 Å². The molecule has 1 aliphatic heterocycles. The van der Waals surface area contributed by atoms with Crippen LogP contribution in [0.15, 0.2) is 30.5 Å². The molecule has 0 unspecified atom stereocenters. The van der Waals surface area contributed by atoms with Crippen molar-refractivity contribution in [2.24, 2.45) is 0 Å². The lowest BCUT2D eigenvalue weighted by Gasteiger charge is -2.32. The third-order valence-electron chi connectivity index (χ3n) is 2.78. The van der Waals surface area contributed by atoms with Gasteiger partial charge in [-0.25, -0.2) is 0 Å². The molecule has 0 N–H and O–H groups in total. The highest BCUT2D eigenvalue weighted by Crippen LogP contribution is 2.31. The molecule has 2 rings (SSSR count). The molecule has 116 valence electrons. The lowest BCUT2D eigenvalue weighted by molar-refractivity contribution is -0.180. The van der Waals surface area contributed by atoms with Crippen molar-refractivity contribution in [1.29, 1.82) is 0 Å². The number of allylic oxidation sites excluding steroid dienone is 1. The summed E-state index contributed by atoms with van der Waals surface area (Å²) in [7, 11) is 1.60. The zero-order valence-corrected chi connectivity index (χ0v) is 14.5. The van der Waals surface area contributed by atoms with E-state index in [-0.39, 0.29) is 5.78 Å². The van der Waals surface area contributed by atoms with Crippen LogP contribution in [-0.4, -0.2) is 24.0 Å². The molecule has 4 nitrogen and oxygen atoms in total. The summed E-state index contributed by atoms with van der Waals surface area (Å²) in [5.74, 6) is 1.02. The number of ketones is 1. The first-order valence-electron chi connectivity index (χ1n) is 6.53. The molecule has 0 saturated carbocycles. The molecule has 0 radical (unpaired) electrons. The van der Waals surface area contributed by atoms with Gasteiger partial charge in [0, 0.05) is 25.0 Å². The van der Waals surface area contributed by atoms with E-state index in [0.29, 0.717) is 17.5 Å². The van der Waals surface area contributed by atoms with Gasteiger partial charge in [-0.05, 0) is 25.1 Å². The molecule has 0 bridgehead atoms. The summed E-state index contributed by atoms with van der Waals surface area (Å²) in [6.45, 7) is 9.47. The number of alkyl halides is 1. The predicted molar refractivity (Wildman–Crippen MR) is 85.9 cm³/mol. The maximum atomic E-state index is 11.5. The second-order valence-corrected chi connectivity index (χ2v) is 5.64. The minimum atomic E-state index is -0.589. The minimum Gasteiger partial charge on any atom is -0.502 e. The van der Waals surface area contributed by atoms with Crippen molar-refractivity contribution >= 4 is 21.7 Å². The smallest absolute Gasteiger partial charge is 0.205 e. The van der Waals surface area contributed by atoms with Gasteiger partial charge < -0.3 is 14.2 Å². The molecular formula is C16H21BrO4. The number of hydrogen-bond acceptors (Lipinski definition) is 4. The number of fused-ring (bicyclic) bond motifs is 1. The van der Waals surface area contributed by atoms with Gasteiger partial charge in [-0.3, -0.25) is 4.79 Å². The fraction of sp³-hybridized carbons (Fsp3) is 0.438. The topological polar surface area (TPSA) is 44.8 Å². The second-order valence-electron chi connectivity index (χ2n) is 5.08. The summed E-state index contributed by atoms with van der Waals surface area (Å²) in [4.78, 5) is 11.5. The molecule has 0 saturated heterocycles. The van der Waals surface area contributed by atoms with Crippen LogP contribution in [0.25, 0.3) is 0 Å². The molecule has 0 fully saturated rings. The Hall–Kier alpha value is -1.33. The van der Waals surface area contributed by atoms with Crippen molar-refractivity contribution in [1.82, 2.24) is 0 Å². The van der Waals surface area contributed by atoms with Crippen molar-refractivity contribution in [3.63, 3.8) is 0 Å². The molecule has 0 aromatic heterocycles. The summed E-state index contributed by atoms with van der Waals surface area (Å²) >= 11 is 3.15. The van der Waals surface area contributed by atoms with Gasteiger partial charge in [0.25, 0.3) is 0 Å². The van der Waals surface area contributed by atoms with Crippen LogP contribution >= 0.6 is 15.9 Å². The third kappa shape index (κ3) is 5.52. The largest absolute Gasteiger partial charge is 0.502 e. The molecule has 0 amide bonds. The minimum absolute atomic E-state index is 0.0626. The van der Waals surface area contributed by atoms with E-state index in [2.05, 4.69) is 27.2 Å². The molecule has 1 aromatic carbocycles. The maximum Gasteiger partial charge on any atom is 0.205 e. The lowest BCUT2D eigenvalue weighted by Crippen LogP contribution is -2.35. The van der Waals surface area contributed by atoms with Gasteiger partial charge in [0.15, 0.2) is 5.78 Å². The quantitative estimate of drug-likeness (QED) is 0.465. The molecule has 0 aliphatic carbocycles. The average molecular weight is 357 g/mol. The summed E-state index contributed by atoms with van der Waals surface area (Å²) in [5.41, 5.74) is 1.61. The molecule has 21 heavy (non-hydrogen) atoms. The van der Waals surface area contributed by atoms with Gasteiger partial charge in [0.05, 0.1) is 24.8 Å². The number of methoxy groups -OCH3 is 1. The van der Waals surface area contributed by atoms with E-state index in [1.807, 2.05) is 26.0 Å². The normalized spacial score (nSPS) is 14.9. The van der Waals surface area contributed by atoms with E-state index in [9.17, 15) is 4.79 Å². The number of carbonyl (C=O) groups excluding carboxylic acids is 1. The predicted octanol–water partition coefficient (Wildman–Crippen LogP) is 4.08. The fourth-order valence-corrected chi connectivity index (χ4v) is 1.91. The molecule has 1 aromatic rings. The molecule has 1 aliphatic rings. The van der Waals surface area contributed by atoms with E-state index < -0.39 is 5.79 Å². The van der Waals surface area contributed by atoms with Crippen LogP contribution in [0.5, 0.6) is 5.75 Å². The first kappa shape index (κ1) is 17.7. The van der Waals surface area contributed by atoms with Crippen LogP contribution < -0.4 is 4.74 Å². The van der Waals surface area contributed by atoms with Gasteiger partial charge in [-0.15, -0.1) is 0 Å². The molecule has 0 atom stereocenters. The second kappa shape index (κ2) is 7.61. The summed E-state index contributed by atoms with van der Waals surface area (Å²) < 4.78 is 15.7. The van der Waals surface area contributed by atoms with Crippen LogP contribution in [0.4, 0.5) is 0 Å². The molecule has 5 heteroatoms. The van der Waals surface area contributed by atoms with Gasteiger partial charge in [-0.1, -0.05) is 22.5 Å². The maximum absolute atomic E-state index is 11.5. The van der Waals surface area contributed by atoms with Gasteiger partial charge in [0.1, 0.15) is 5.75 Å². The number of carbonyl (C=O) groups is 1. The van der Waals surface area contributed by atoms with Crippen LogP contribution in [0.3, 0.4) is 0 Å². The number of benzene rings is 1. The zero-order chi connectivity index (χ0) is 16.0. The number of Topliss-reactive ketones (excluding diaryl/α,β-unsaturated/α-hetero) is 1. The number of ether oxygens (including phenoxy) is 3. The standard InChI is InChI=1S/C12H13BrO3.C4H8O/c1-12(2)15-7-9-5-8(10(14)6-13)3-4-11(9)16-12;1-4(2)5-3/h3-5H,6-7H2,1-2H3;1H2,2-3H3. The Bertz CT molecular complexity index is 523. The zero-order valence-electron chi connectivity index (χ0n) is 12.9. The highest BCUT2D eigenvalue weighted by molar-refractivity contribution is 9.09. The van der Waals surface area contributed by atoms with Crippen molar-refractivity contribution in [2.75, 3.05) is 12.4 Å². The summed E-state index contributed by atoms with van der Waals surface area (Å²) in [6, 6.07) is 5.44. The first-order chi connectivity index (χ1) is 9.79. The first-order valence-corrected chi connectivity index (χ1v) is 7.65. The van der Waals surface area contributed by atoms with E-state index in [1.165, 1.54) is 0 Å². The van der Waals surface area contributed by atoms with Gasteiger partial charge in [0.2, 0.25) is 5.79 Å². The van der Waals surface area contributed by atoms with Crippen molar-refractivity contribution in [2.45, 2.75) is 33.2 Å². The van der Waals surface area contributed by atoms with Gasteiger partial charge in [-0.2, -0.15) is 0 Å².